The van der Waals surface area contributed by atoms with E-state index in [4.69, 9.17) is 0 Å². The first-order valence-corrected chi connectivity index (χ1v) is 9.55. The number of carbonyl (C=O) groups excluding carboxylic acids is 2. The average Bonchev–Trinajstić information content (AvgIpc) is 2.59. The van der Waals surface area contributed by atoms with Gasteiger partial charge in [0.2, 0.25) is 6.41 Å². The Bertz CT molecular complexity index is 548. The zero-order chi connectivity index (χ0) is 17.9. The predicted molar refractivity (Wildman–Crippen MR) is 99.8 cm³/mol. The van der Waals surface area contributed by atoms with Gasteiger partial charge in [-0.15, -0.1) is 0 Å². The molecule has 1 saturated carbocycles. The Balaban J connectivity index is 1.98. The van der Waals surface area contributed by atoms with Crippen molar-refractivity contribution < 1.29 is 14.7 Å². The van der Waals surface area contributed by atoms with Gasteiger partial charge in [0.1, 0.15) is 0 Å². The van der Waals surface area contributed by atoms with Gasteiger partial charge in [0, 0.05) is 6.04 Å². The Kier molecular flexibility index (Phi) is 8.29. The first kappa shape index (κ1) is 19.3. The Labute approximate surface area is 150 Å². The molecule has 5 heteroatoms. The molecule has 5 nitrogen and oxygen atoms in total. The molecule has 1 fully saturated rings. The van der Waals surface area contributed by atoms with Crippen molar-refractivity contribution in [1.82, 2.24) is 5.32 Å². The quantitative estimate of drug-likeness (QED) is 0.560. The molecule has 2 rings (SSSR count). The number of amides is 2. The molecule has 1 aliphatic rings. The molecule has 138 valence electrons. The molecule has 0 spiro atoms. The Hall–Kier alpha value is -2.04. The first-order chi connectivity index (χ1) is 12.2. The average molecular weight is 346 g/mol. The minimum atomic E-state index is -0.274. The van der Waals surface area contributed by atoms with Crippen molar-refractivity contribution >= 4 is 18.0 Å². The van der Waals surface area contributed by atoms with Crippen molar-refractivity contribution in [2.45, 2.75) is 76.7 Å². The number of phenolic OH excluding ortho intramolecular Hbond substituents is 1. The molecule has 0 aromatic heterocycles. The maximum absolute atomic E-state index is 12.6. The molecule has 3 N–H and O–H groups in total. The van der Waals surface area contributed by atoms with Gasteiger partial charge in [-0.2, -0.15) is 0 Å². The van der Waals surface area contributed by atoms with Crippen LogP contribution in [0.5, 0.6) is 5.75 Å². The maximum Gasteiger partial charge on any atom is 0.255 e. The summed E-state index contributed by atoms with van der Waals surface area (Å²) in [6, 6.07) is 4.95. The second-order valence-corrected chi connectivity index (χ2v) is 6.89. The van der Waals surface area contributed by atoms with E-state index in [-0.39, 0.29) is 28.9 Å². The molecule has 1 aromatic carbocycles. The summed E-state index contributed by atoms with van der Waals surface area (Å²) in [6.45, 7) is 0. The minimum Gasteiger partial charge on any atom is -0.505 e. The third-order valence-corrected chi connectivity index (χ3v) is 4.94. The lowest BCUT2D eigenvalue weighted by Crippen LogP contribution is -2.35. The van der Waals surface area contributed by atoms with Crippen LogP contribution in [0.15, 0.2) is 18.2 Å². The number of benzene rings is 1. The molecular formula is C20H30N2O3. The second-order valence-electron chi connectivity index (χ2n) is 6.89. The van der Waals surface area contributed by atoms with E-state index in [9.17, 15) is 14.7 Å². The molecule has 25 heavy (non-hydrogen) atoms. The number of carbonyl (C=O) groups is 2. The largest absolute Gasteiger partial charge is 0.505 e. The van der Waals surface area contributed by atoms with E-state index in [2.05, 4.69) is 10.6 Å². The normalized spacial score (nSPS) is 17.8. The van der Waals surface area contributed by atoms with Crippen molar-refractivity contribution in [3.8, 4) is 5.75 Å². The molecule has 0 aliphatic heterocycles. The molecule has 1 aromatic rings. The summed E-state index contributed by atoms with van der Waals surface area (Å²) in [4.78, 5) is 23.2. The summed E-state index contributed by atoms with van der Waals surface area (Å²) in [6.07, 6.45) is 13.7. The van der Waals surface area contributed by atoms with Crippen LogP contribution >= 0.6 is 0 Å². The molecule has 0 radical (unpaired) electrons. The summed E-state index contributed by atoms with van der Waals surface area (Å²) in [7, 11) is 0. The smallest absolute Gasteiger partial charge is 0.255 e. The molecular weight excluding hydrogens is 316 g/mol. The van der Waals surface area contributed by atoms with Crippen LogP contribution in [0.4, 0.5) is 5.69 Å². The minimum absolute atomic E-state index is 0.147. The second kappa shape index (κ2) is 10.7. The zero-order valence-corrected chi connectivity index (χ0v) is 14.9. The highest BCUT2D eigenvalue weighted by molar-refractivity contribution is 5.99. The summed E-state index contributed by atoms with van der Waals surface area (Å²) >= 11 is 0. The maximum atomic E-state index is 12.6. The fourth-order valence-corrected chi connectivity index (χ4v) is 3.48. The Morgan fingerprint density at radius 1 is 0.960 bits per heavy atom. The van der Waals surface area contributed by atoms with E-state index >= 15 is 0 Å². The van der Waals surface area contributed by atoms with Crippen molar-refractivity contribution in [2.24, 2.45) is 0 Å². The molecule has 0 atom stereocenters. The Morgan fingerprint density at radius 2 is 1.52 bits per heavy atom. The van der Waals surface area contributed by atoms with Crippen LogP contribution in [-0.2, 0) is 4.79 Å². The van der Waals surface area contributed by atoms with E-state index < -0.39 is 0 Å². The van der Waals surface area contributed by atoms with Crippen molar-refractivity contribution in [3.63, 3.8) is 0 Å². The van der Waals surface area contributed by atoms with E-state index in [0.717, 1.165) is 25.7 Å². The molecule has 0 heterocycles. The van der Waals surface area contributed by atoms with Crippen molar-refractivity contribution in [2.75, 3.05) is 5.32 Å². The van der Waals surface area contributed by atoms with Gasteiger partial charge < -0.3 is 15.7 Å². The van der Waals surface area contributed by atoms with Crippen LogP contribution in [0.25, 0.3) is 0 Å². The molecule has 0 bridgehead atoms. The first-order valence-electron chi connectivity index (χ1n) is 9.55. The van der Waals surface area contributed by atoms with Gasteiger partial charge in [0.25, 0.3) is 5.91 Å². The van der Waals surface area contributed by atoms with Crippen LogP contribution in [0.1, 0.15) is 81.0 Å². The fraction of sp³-hybridized carbons (Fsp3) is 0.600. The lowest BCUT2D eigenvalue weighted by Gasteiger charge is -2.20. The monoisotopic (exact) mass is 346 g/mol. The Morgan fingerprint density at radius 3 is 2.08 bits per heavy atom. The number of hydrogen-bond donors (Lipinski definition) is 3. The van der Waals surface area contributed by atoms with Crippen LogP contribution in [0.3, 0.4) is 0 Å². The summed E-state index contributed by atoms with van der Waals surface area (Å²) in [5.41, 5.74) is 0.458. The topological polar surface area (TPSA) is 78.4 Å². The van der Waals surface area contributed by atoms with Gasteiger partial charge in [-0.25, -0.2) is 0 Å². The van der Waals surface area contributed by atoms with Crippen molar-refractivity contribution in [1.29, 1.82) is 0 Å². The number of rotatable bonds is 4. The summed E-state index contributed by atoms with van der Waals surface area (Å²) < 4.78 is 0. The van der Waals surface area contributed by atoms with Crippen LogP contribution in [-0.4, -0.2) is 23.5 Å². The number of anilines is 1. The van der Waals surface area contributed by atoms with Gasteiger partial charge in [0.05, 0.1) is 11.3 Å². The van der Waals surface area contributed by atoms with Crippen molar-refractivity contribution in [3.05, 3.63) is 23.8 Å². The fourth-order valence-electron chi connectivity index (χ4n) is 3.48. The van der Waals surface area contributed by atoms with E-state index in [0.29, 0.717) is 6.41 Å². The lowest BCUT2D eigenvalue weighted by atomic mass is 9.97. The number of para-hydroxylation sites is 1. The zero-order valence-electron chi connectivity index (χ0n) is 14.9. The van der Waals surface area contributed by atoms with Gasteiger partial charge in [-0.3, -0.25) is 9.59 Å². The molecule has 0 saturated heterocycles. The third kappa shape index (κ3) is 6.40. The lowest BCUT2D eigenvalue weighted by molar-refractivity contribution is -0.105. The van der Waals surface area contributed by atoms with Crippen LogP contribution in [0, 0.1) is 0 Å². The van der Waals surface area contributed by atoms with E-state index in [1.165, 1.54) is 44.9 Å². The number of aromatic hydroxyl groups is 1. The van der Waals surface area contributed by atoms with Gasteiger partial charge >= 0.3 is 0 Å². The van der Waals surface area contributed by atoms with Crippen LogP contribution < -0.4 is 10.6 Å². The molecule has 0 unspecified atom stereocenters. The van der Waals surface area contributed by atoms with E-state index in [1.807, 2.05) is 0 Å². The van der Waals surface area contributed by atoms with E-state index in [1.54, 1.807) is 18.2 Å². The molecule has 1 aliphatic carbocycles. The summed E-state index contributed by atoms with van der Waals surface area (Å²) in [5.74, 6) is -0.454. The number of hydrogen-bond acceptors (Lipinski definition) is 3. The summed E-state index contributed by atoms with van der Waals surface area (Å²) in [5, 5.41) is 15.7. The standard InChI is InChI=1S/C20H30N2O3/c23-15-21-18-14-10-13-17(19(18)24)20(25)22-16-11-8-6-4-2-1-3-5-7-9-12-16/h10,13-16,24H,1-9,11-12H2,(H,21,23)(H,22,25). The number of phenols is 1. The van der Waals surface area contributed by atoms with Gasteiger partial charge in [-0.1, -0.05) is 63.9 Å². The molecule has 2 amide bonds. The highest BCUT2D eigenvalue weighted by atomic mass is 16.3. The number of nitrogens with one attached hydrogen (secondary N) is 2. The predicted octanol–water partition coefficient (Wildman–Crippen LogP) is 4.36. The highest BCUT2D eigenvalue weighted by Crippen LogP contribution is 2.27. The van der Waals surface area contributed by atoms with Gasteiger partial charge in [-0.05, 0) is 25.0 Å². The highest BCUT2D eigenvalue weighted by Gasteiger charge is 2.18. The van der Waals surface area contributed by atoms with Crippen LogP contribution in [0.2, 0.25) is 0 Å². The van der Waals surface area contributed by atoms with Gasteiger partial charge in [0.15, 0.2) is 5.75 Å². The third-order valence-electron chi connectivity index (χ3n) is 4.94. The SMILES string of the molecule is O=CNc1cccc(C(=O)NC2CCCCCCCCCCC2)c1O.